The topological polar surface area (TPSA) is 97.6 Å². The third-order valence-corrected chi connectivity index (χ3v) is 2.88. The summed E-state index contributed by atoms with van der Waals surface area (Å²) in [6, 6.07) is 8.06. The van der Waals surface area contributed by atoms with Crippen LogP contribution < -0.4 is 10.6 Å². The first kappa shape index (κ1) is 17.9. The highest BCUT2D eigenvalue weighted by molar-refractivity contribution is 5.96. The van der Waals surface area contributed by atoms with Crippen molar-refractivity contribution < 1.29 is 27.9 Å². The van der Waals surface area contributed by atoms with Gasteiger partial charge in [0.1, 0.15) is 11.6 Å². The summed E-state index contributed by atoms with van der Waals surface area (Å²) >= 11 is 0. The van der Waals surface area contributed by atoms with Gasteiger partial charge in [-0.15, -0.1) is 0 Å². The highest BCUT2D eigenvalue weighted by Gasteiger charge is 2.09. The summed E-state index contributed by atoms with van der Waals surface area (Å²) in [6.45, 7) is -0.493. The summed E-state index contributed by atoms with van der Waals surface area (Å²) in [5, 5.41) is 4.41. The largest absolute Gasteiger partial charge is 0.467 e. The van der Waals surface area contributed by atoms with E-state index in [1.807, 2.05) is 5.32 Å². The van der Waals surface area contributed by atoms with Crippen molar-refractivity contribution in [3.63, 3.8) is 0 Å². The Labute approximate surface area is 142 Å². The van der Waals surface area contributed by atoms with Crippen LogP contribution in [0.15, 0.2) is 53.2 Å². The van der Waals surface area contributed by atoms with E-state index in [4.69, 9.17) is 9.15 Å². The zero-order valence-corrected chi connectivity index (χ0v) is 13.0. The molecule has 0 aliphatic rings. The molecule has 0 aliphatic carbocycles. The fourth-order valence-corrected chi connectivity index (χ4v) is 1.71. The van der Waals surface area contributed by atoms with Gasteiger partial charge in [0.2, 0.25) is 0 Å². The lowest BCUT2D eigenvalue weighted by Gasteiger charge is -2.05. The zero-order chi connectivity index (χ0) is 18.1. The molecule has 130 valence electrons. The van der Waals surface area contributed by atoms with E-state index in [2.05, 4.69) is 5.32 Å². The van der Waals surface area contributed by atoms with E-state index in [1.165, 1.54) is 36.6 Å². The van der Waals surface area contributed by atoms with Crippen molar-refractivity contribution in [2.24, 2.45) is 0 Å². The van der Waals surface area contributed by atoms with Crippen LogP contribution in [0, 0.1) is 5.82 Å². The lowest BCUT2D eigenvalue weighted by molar-refractivity contribution is -0.143. The van der Waals surface area contributed by atoms with Crippen LogP contribution in [0.3, 0.4) is 0 Å². The van der Waals surface area contributed by atoms with Gasteiger partial charge in [-0.25, -0.2) is 14.0 Å². The number of hydrogen-bond acceptors (Lipinski definition) is 5. The predicted octanol–water partition coefficient (Wildman–Crippen LogP) is 2.00. The number of ether oxygens (including phenoxy) is 1. The fourth-order valence-electron chi connectivity index (χ4n) is 1.71. The number of hydrogen-bond donors (Lipinski definition) is 2. The minimum Gasteiger partial charge on any atom is -0.467 e. The molecule has 0 saturated heterocycles. The molecule has 0 atom stereocenters. The highest BCUT2D eigenvalue weighted by Crippen LogP contribution is 2.04. The molecule has 0 bridgehead atoms. The average molecular weight is 346 g/mol. The molecule has 2 N–H and O–H groups in total. The Morgan fingerprint density at radius 2 is 1.92 bits per heavy atom. The molecule has 7 nitrogen and oxygen atoms in total. The van der Waals surface area contributed by atoms with Crippen LogP contribution in [-0.4, -0.2) is 24.5 Å². The number of imide groups is 1. The number of amides is 3. The molecule has 1 heterocycles. The molecular weight excluding hydrogens is 331 g/mol. The van der Waals surface area contributed by atoms with E-state index < -0.39 is 24.5 Å². The molecule has 8 heteroatoms. The second-order valence-corrected chi connectivity index (χ2v) is 4.80. The van der Waals surface area contributed by atoms with Crippen LogP contribution in [0.25, 0.3) is 6.08 Å². The fraction of sp³-hybridized carbons (Fsp3) is 0.118. The van der Waals surface area contributed by atoms with E-state index in [9.17, 15) is 18.8 Å². The van der Waals surface area contributed by atoms with E-state index in [0.29, 0.717) is 11.3 Å². The second kappa shape index (κ2) is 9.02. The zero-order valence-electron chi connectivity index (χ0n) is 13.0. The average Bonchev–Trinajstić information content (AvgIpc) is 3.11. The predicted molar refractivity (Wildman–Crippen MR) is 85.5 cm³/mol. The molecule has 3 amide bonds. The molecule has 2 aromatic rings. The smallest absolute Gasteiger partial charge is 0.331 e. The SMILES string of the molecule is O=C(COC(=O)C=Cc1ccc(F)cc1)NC(=O)NCc1ccco1. The Balaban J connectivity index is 1.67. The van der Waals surface area contributed by atoms with Gasteiger partial charge in [-0.1, -0.05) is 12.1 Å². The maximum atomic E-state index is 12.7. The van der Waals surface area contributed by atoms with Gasteiger partial charge in [-0.05, 0) is 35.9 Å². The molecule has 1 aromatic carbocycles. The van der Waals surface area contributed by atoms with Crippen LogP contribution in [0.2, 0.25) is 0 Å². The maximum Gasteiger partial charge on any atom is 0.331 e. The molecule has 0 aliphatic heterocycles. The number of urea groups is 1. The van der Waals surface area contributed by atoms with Crippen molar-refractivity contribution in [2.45, 2.75) is 6.54 Å². The summed E-state index contributed by atoms with van der Waals surface area (Å²) in [5.41, 5.74) is 0.597. The lowest BCUT2D eigenvalue weighted by atomic mass is 10.2. The van der Waals surface area contributed by atoms with E-state index in [-0.39, 0.29) is 12.4 Å². The standard InChI is InChI=1S/C17H15FN2O5/c18-13-6-3-12(4-7-13)5-8-16(22)25-11-15(21)20-17(23)19-10-14-2-1-9-24-14/h1-9H,10-11H2,(H2,19,20,21,23). The number of halogens is 1. The van der Waals surface area contributed by atoms with Crippen molar-refractivity contribution in [3.05, 3.63) is 65.9 Å². The van der Waals surface area contributed by atoms with Gasteiger partial charge in [0.25, 0.3) is 5.91 Å². The lowest BCUT2D eigenvalue weighted by Crippen LogP contribution is -2.41. The summed E-state index contributed by atoms with van der Waals surface area (Å²) in [6.07, 6.45) is 3.96. The number of carbonyl (C=O) groups is 3. The highest BCUT2D eigenvalue weighted by atomic mass is 19.1. The monoisotopic (exact) mass is 346 g/mol. The van der Waals surface area contributed by atoms with Crippen LogP contribution in [-0.2, 0) is 20.9 Å². The van der Waals surface area contributed by atoms with Gasteiger partial charge in [0.15, 0.2) is 6.61 Å². The van der Waals surface area contributed by atoms with Gasteiger partial charge in [0.05, 0.1) is 12.8 Å². The van der Waals surface area contributed by atoms with E-state index in [1.54, 1.807) is 12.1 Å². The van der Waals surface area contributed by atoms with Crippen LogP contribution in [0.5, 0.6) is 0 Å². The number of benzene rings is 1. The molecule has 0 unspecified atom stereocenters. The Bertz CT molecular complexity index is 754. The molecule has 2 rings (SSSR count). The number of carbonyl (C=O) groups excluding carboxylic acids is 3. The third-order valence-electron chi connectivity index (χ3n) is 2.88. The second-order valence-electron chi connectivity index (χ2n) is 4.80. The van der Waals surface area contributed by atoms with Gasteiger partial charge in [0, 0.05) is 6.08 Å². The Morgan fingerprint density at radius 3 is 2.60 bits per heavy atom. The Kier molecular flexibility index (Phi) is 6.47. The van der Waals surface area contributed by atoms with Crippen LogP contribution >= 0.6 is 0 Å². The van der Waals surface area contributed by atoms with Crippen LogP contribution in [0.1, 0.15) is 11.3 Å². The van der Waals surface area contributed by atoms with E-state index in [0.717, 1.165) is 6.08 Å². The molecular formula is C17H15FN2O5. The first-order valence-electron chi connectivity index (χ1n) is 7.23. The van der Waals surface area contributed by atoms with Gasteiger partial charge < -0.3 is 14.5 Å². The van der Waals surface area contributed by atoms with Crippen molar-refractivity contribution in [3.8, 4) is 0 Å². The number of furan rings is 1. The van der Waals surface area contributed by atoms with Gasteiger partial charge >= 0.3 is 12.0 Å². The third kappa shape index (κ3) is 6.69. The van der Waals surface area contributed by atoms with Crippen molar-refractivity contribution in [1.82, 2.24) is 10.6 Å². The number of nitrogens with one attached hydrogen (secondary N) is 2. The van der Waals surface area contributed by atoms with Crippen molar-refractivity contribution >= 4 is 24.0 Å². The molecule has 0 spiro atoms. The van der Waals surface area contributed by atoms with Gasteiger partial charge in [-0.3, -0.25) is 10.1 Å². The molecule has 0 radical (unpaired) electrons. The minimum absolute atomic E-state index is 0.117. The Morgan fingerprint density at radius 1 is 1.16 bits per heavy atom. The number of esters is 1. The summed E-state index contributed by atoms with van der Waals surface area (Å²) in [4.78, 5) is 34.4. The first-order chi connectivity index (χ1) is 12.0. The van der Waals surface area contributed by atoms with Crippen molar-refractivity contribution in [1.29, 1.82) is 0 Å². The Hall–Kier alpha value is -3.42. The normalized spacial score (nSPS) is 10.4. The van der Waals surface area contributed by atoms with Crippen molar-refractivity contribution in [2.75, 3.05) is 6.61 Å². The number of rotatable bonds is 6. The molecule has 0 saturated carbocycles. The first-order valence-corrected chi connectivity index (χ1v) is 7.23. The molecule has 0 fully saturated rings. The summed E-state index contributed by atoms with van der Waals surface area (Å²) in [5.74, 6) is -1.40. The quantitative estimate of drug-likeness (QED) is 0.616. The summed E-state index contributed by atoms with van der Waals surface area (Å²) in [7, 11) is 0. The van der Waals surface area contributed by atoms with E-state index >= 15 is 0 Å². The van der Waals surface area contributed by atoms with Crippen LogP contribution in [0.4, 0.5) is 9.18 Å². The summed E-state index contributed by atoms with van der Waals surface area (Å²) < 4.78 is 22.4. The van der Waals surface area contributed by atoms with Gasteiger partial charge in [-0.2, -0.15) is 0 Å². The molecule has 1 aromatic heterocycles. The molecule has 25 heavy (non-hydrogen) atoms. The minimum atomic E-state index is -0.777. The maximum absolute atomic E-state index is 12.7.